The molecule has 2 aromatic rings. The minimum atomic E-state index is -1.12. The van der Waals surface area contributed by atoms with E-state index in [-0.39, 0.29) is 24.8 Å². The Labute approximate surface area is 202 Å². The van der Waals surface area contributed by atoms with Crippen LogP contribution >= 0.6 is 0 Å². The van der Waals surface area contributed by atoms with Gasteiger partial charge in [0.05, 0.1) is 13.2 Å². The van der Waals surface area contributed by atoms with E-state index < -0.39 is 18.5 Å². The number of nitrogens with one attached hydrogen (secondary N) is 2. The Morgan fingerprint density at radius 2 is 1.77 bits per heavy atom. The number of carboxylic acid groups (broad SMARTS) is 1. The predicted molar refractivity (Wildman–Crippen MR) is 127 cm³/mol. The van der Waals surface area contributed by atoms with E-state index in [1.54, 1.807) is 47.4 Å². The molecule has 0 spiro atoms. The molecule has 2 aromatic carbocycles. The zero-order valence-corrected chi connectivity index (χ0v) is 19.1. The molecule has 1 aliphatic rings. The molecule has 1 aliphatic heterocycles. The molecular weight excluding hydrogens is 456 g/mol. The lowest BCUT2D eigenvalue weighted by atomic mass is 10.1. The fourth-order valence-electron chi connectivity index (χ4n) is 3.42. The van der Waals surface area contributed by atoms with Gasteiger partial charge in [-0.3, -0.25) is 15.0 Å². The third-order valence-electron chi connectivity index (χ3n) is 5.20. The van der Waals surface area contributed by atoms with Crippen LogP contribution < -0.4 is 20.5 Å². The zero-order valence-electron chi connectivity index (χ0n) is 19.1. The van der Waals surface area contributed by atoms with Crippen molar-refractivity contribution in [3.63, 3.8) is 0 Å². The second-order valence-corrected chi connectivity index (χ2v) is 7.77. The number of benzene rings is 2. The Kier molecular flexibility index (Phi) is 9.02. The van der Waals surface area contributed by atoms with Gasteiger partial charge in [0.15, 0.2) is 13.2 Å². The highest BCUT2D eigenvalue weighted by molar-refractivity contribution is 5.95. The number of carboxylic acids is 1. The Morgan fingerprint density at radius 1 is 1.06 bits per heavy atom. The first-order valence-electron chi connectivity index (χ1n) is 11.0. The second-order valence-electron chi connectivity index (χ2n) is 7.77. The van der Waals surface area contributed by atoms with Gasteiger partial charge >= 0.3 is 5.97 Å². The minimum Gasteiger partial charge on any atom is -0.484 e. The van der Waals surface area contributed by atoms with Crippen molar-refractivity contribution in [1.82, 2.24) is 4.90 Å². The quantitative estimate of drug-likeness (QED) is 0.273. The first kappa shape index (κ1) is 25.5. The summed E-state index contributed by atoms with van der Waals surface area (Å²) in [6, 6.07) is 11.3. The molecule has 11 nitrogen and oxygen atoms in total. The molecular formula is C24H28N4O7. The van der Waals surface area contributed by atoms with Gasteiger partial charge in [-0.25, -0.2) is 4.79 Å². The molecule has 0 aliphatic carbocycles. The lowest BCUT2D eigenvalue weighted by molar-refractivity contribution is -0.139. The van der Waals surface area contributed by atoms with Gasteiger partial charge in [-0.05, 0) is 54.4 Å². The summed E-state index contributed by atoms with van der Waals surface area (Å²) in [6.07, 6.45) is 0.522. The van der Waals surface area contributed by atoms with Crippen LogP contribution in [0.5, 0.6) is 11.5 Å². The van der Waals surface area contributed by atoms with Gasteiger partial charge in [-0.15, -0.1) is 0 Å². The first-order valence-corrected chi connectivity index (χ1v) is 11.0. The molecule has 0 atom stereocenters. The molecule has 1 heterocycles. The average molecular weight is 485 g/mol. The normalized spacial score (nSPS) is 13.1. The van der Waals surface area contributed by atoms with Crippen LogP contribution in [0, 0.1) is 5.41 Å². The Bertz CT molecular complexity index is 1070. The number of amidine groups is 1. The smallest absolute Gasteiger partial charge is 0.341 e. The number of morpholine rings is 1. The number of aryl methyl sites for hydroxylation is 1. The van der Waals surface area contributed by atoms with E-state index >= 15 is 0 Å². The van der Waals surface area contributed by atoms with Gasteiger partial charge in [0.25, 0.3) is 5.91 Å². The van der Waals surface area contributed by atoms with E-state index in [1.807, 2.05) is 0 Å². The number of nitrogen functional groups attached to an aromatic ring is 1. The first-order chi connectivity index (χ1) is 16.8. The van der Waals surface area contributed by atoms with Crippen LogP contribution in [0.3, 0.4) is 0 Å². The Morgan fingerprint density at radius 3 is 2.43 bits per heavy atom. The zero-order chi connectivity index (χ0) is 25.2. The topological polar surface area (TPSA) is 164 Å². The van der Waals surface area contributed by atoms with Crippen LogP contribution in [0.2, 0.25) is 0 Å². The number of hydrogen-bond acceptors (Lipinski definition) is 7. The molecule has 0 bridgehead atoms. The highest BCUT2D eigenvalue weighted by Crippen LogP contribution is 2.25. The van der Waals surface area contributed by atoms with Gasteiger partial charge in [0.2, 0.25) is 5.91 Å². The maximum atomic E-state index is 12.5. The van der Waals surface area contributed by atoms with Crippen molar-refractivity contribution in [3.05, 3.63) is 53.6 Å². The molecule has 0 unspecified atom stereocenters. The van der Waals surface area contributed by atoms with Crippen LogP contribution in [0.25, 0.3) is 0 Å². The fraction of sp³-hybridized carbons (Fsp3) is 0.333. The van der Waals surface area contributed by atoms with E-state index in [4.69, 9.17) is 30.5 Å². The Hall–Kier alpha value is -4.12. The molecule has 11 heteroatoms. The second kappa shape index (κ2) is 12.4. The lowest BCUT2D eigenvalue weighted by Gasteiger charge is -2.27. The van der Waals surface area contributed by atoms with Crippen LogP contribution in [0.15, 0.2) is 42.5 Å². The monoisotopic (exact) mass is 484 g/mol. The molecule has 35 heavy (non-hydrogen) atoms. The summed E-state index contributed by atoms with van der Waals surface area (Å²) in [5.41, 5.74) is 7.03. The van der Waals surface area contributed by atoms with Gasteiger partial charge < -0.3 is 35.3 Å². The molecule has 186 valence electrons. The molecule has 5 N–H and O–H groups in total. The fourth-order valence-corrected chi connectivity index (χ4v) is 3.42. The van der Waals surface area contributed by atoms with Gasteiger partial charge in [-0.1, -0.05) is 0 Å². The van der Waals surface area contributed by atoms with Crippen molar-refractivity contribution in [3.8, 4) is 11.5 Å². The van der Waals surface area contributed by atoms with E-state index in [1.165, 1.54) is 0 Å². The summed E-state index contributed by atoms with van der Waals surface area (Å²) in [7, 11) is 0. The summed E-state index contributed by atoms with van der Waals surface area (Å²) in [5.74, 6) is -0.836. The number of hydrogen-bond donors (Lipinski definition) is 4. The number of ether oxygens (including phenoxy) is 3. The van der Waals surface area contributed by atoms with Crippen molar-refractivity contribution >= 4 is 29.3 Å². The van der Waals surface area contributed by atoms with Crippen molar-refractivity contribution in [2.24, 2.45) is 5.73 Å². The summed E-state index contributed by atoms with van der Waals surface area (Å²) in [4.78, 5) is 37.5. The third kappa shape index (κ3) is 8.00. The predicted octanol–water partition coefficient (Wildman–Crippen LogP) is 1.24. The highest BCUT2D eigenvalue weighted by atomic mass is 16.5. The molecule has 0 saturated carbocycles. The number of rotatable bonds is 11. The largest absolute Gasteiger partial charge is 0.484 e. The van der Waals surface area contributed by atoms with E-state index in [0.29, 0.717) is 61.0 Å². The number of nitrogens with zero attached hydrogens (tertiary/aromatic N) is 1. The van der Waals surface area contributed by atoms with Crippen molar-refractivity contribution in [1.29, 1.82) is 5.41 Å². The molecule has 3 rings (SSSR count). The summed E-state index contributed by atoms with van der Waals surface area (Å²) < 4.78 is 16.1. The van der Waals surface area contributed by atoms with Crippen LogP contribution in [-0.4, -0.2) is 73.1 Å². The summed E-state index contributed by atoms with van der Waals surface area (Å²) in [5, 5.41) is 19.1. The number of nitrogens with two attached hydrogens (primary N) is 1. The van der Waals surface area contributed by atoms with Crippen LogP contribution in [0.4, 0.5) is 5.69 Å². The van der Waals surface area contributed by atoms with Gasteiger partial charge in [0.1, 0.15) is 17.3 Å². The molecule has 2 amide bonds. The maximum absolute atomic E-state index is 12.5. The number of carbonyl (C=O) groups excluding carboxylic acids is 2. The average Bonchev–Trinajstić information content (AvgIpc) is 2.86. The summed E-state index contributed by atoms with van der Waals surface area (Å²) in [6.45, 7) is 1.31. The van der Waals surface area contributed by atoms with Gasteiger partial charge in [0, 0.05) is 30.8 Å². The SMILES string of the molecule is N=C(N)c1ccc(OCC(=O)Nc2ccc(OCC(=O)O)c(CCC(=O)N3CCOCC3)c2)cc1. The number of amides is 2. The van der Waals surface area contributed by atoms with Crippen molar-refractivity contribution < 1.29 is 33.7 Å². The Balaban J connectivity index is 1.61. The standard InChI is InChI=1S/C24H28N4O7/c25-24(26)16-1-5-19(6-2-16)34-14-21(29)27-18-4-7-20(35-15-23(31)32)17(13-18)3-8-22(30)28-9-11-33-12-10-28/h1-2,4-7,13H,3,8-12,14-15H2,(H3,25,26)(H,27,29)(H,31,32). The number of anilines is 1. The third-order valence-corrected chi connectivity index (χ3v) is 5.20. The van der Waals surface area contributed by atoms with Crippen molar-refractivity contribution in [2.45, 2.75) is 12.8 Å². The lowest BCUT2D eigenvalue weighted by Crippen LogP contribution is -2.40. The van der Waals surface area contributed by atoms with E-state index in [9.17, 15) is 14.4 Å². The summed E-state index contributed by atoms with van der Waals surface area (Å²) >= 11 is 0. The van der Waals surface area contributed by atoms with Crippen LogP contribution in [-0.2, 0) is 25.5 Å². The van der Waals surface area contributed by atoms with Gasteiger partial charge in [-0.2, -0.15) is 0 Å². The maximum Gasteiger partial charge on any atom is 0.341 e. The molecule has 0 radical (unpaired) electrons. The molecule has 1 saturated heterocycles. The number of aliphatic carboxylic acids is 1. The van der Waals surface area contributed by atoms with Crippen molar-refractivity contribution in [2.75, 3.05) is 44.8 Å². The minimum absolute atomic E-state index is 0.0314. The highest BCUT2D eigenvalue weighted by Gasteiger charge is 2.18. The van der Waals surface area contributed by atoms with Crippen LogP contribution in [0.1, 0.15) is 17.5 Å². The molecule has 1 fully saturated rings. The van der Waals surface area contributed by atoms with E-state index in [2.05, 4.69) is 5.32 Å². The number of carbonyl (C=O) groups is 3. The van der Waals surface area contributed by atoms with E-state index in [0.717, 1.165) is 0 Å². The molecule has 0 aromatic heterocycles.